The zero-order chi connectivity index (χ0) is 27.6. The van der Waals surface area contributed by atoms with Gasteiger partial charge in [-0.3, -0.25) is 23.9 Å². The normalized spacial score (nSPS) is 26.1. The van der Waals surface area contributed by atoms with Crippen molar-refractivity contribution in [1.82, 2.24) is 15.1 Å². The van der Waals surface area contributed by atoms with E-state index < -0.39 is 63.2 Å². The first-order valence-corrected chi connectivity index (χ1v) is 13.3. The Hall–Kier alpha value is -3.67. The lowest BCUT2D eigenvalue weighted by Crippen LogP contribution is -2.57. The van der Waals surface area contributed by atoms with Crippen LogP contribution in [0.1, 0.15) is 36.6 Å². The number of amides is 5. The van der Waals surface area contributed by atoms with Gasteiger partial charge in [0.15, 0.2) is 0 Å². The molecule has 0 saturated carbocycles. The molecular formula is C26H26F2N4O5S. The fourth-order valence-electron chi connectivity index (χ4n) is 5.38. The summed E-state index contributed by atoms with van der Waals surface area (Å²) in [6.45, 7) is 2.59. The third-order valence-electron chi connectivity index (χ3n) is 7.66. The molecule has 0 aromatic heterocycles. The number of nitrogens with zero attached hydrogens (tertiary/aromatic N) is 2. The van der Waals surface area contributed by atoms with Crippen LogP contribution < -0.4 is 10.6 Å². The number of nitrogens with one attached hydrogen (secondary N) is 2. The first-order chi connectivity index (χ1) is 17.8. The molecule has 0 radical (unpaired) electrons. The van der Waals surface area contributed by atoms with E-state index in [0.29, 0.717) is 18.2 Å². The minimum atomic E-state index is -1.64. The minimum absolute atomic E-state index is 0.0792. The molecule has 2 aromatic rings. The average molecular weight is 545 g/mol. The number of hydrogen-bond acceptors (Lipinski definition) is 5. The van der Waals surface area contributed by atoms with Gasteiger partial charge in [-0.05, 0) is 54.8 Å². The summed E-state index contributed by atoms with van der Waals surface area (Å²) < 4.78 is 39.4. The van der Waals surface area contributed by atoms with Gasteiger partial charge in [-0.15, -0.1) is 0 Å². The smallest absolute Gasteiger partial charge is 0.324 e. The highest BCUT2D eigenvalue weighted by Crippen LogP contribution is 2.38. The maximum Gasteiger partial charge on any atom is 0.324 e. The number of benzene rings is 2. The molecule has 12 heteroatoms. The number of hydrogen-bond donors (Lipinski definition) is 2. The van der Waals surface area contributed by atoms with Gasteiger partial charge in [-0.1, -0.05) is 6.07 Å². The van der Waals surface area contributed by atoms with Crippen LogP contribution in [0, 0.1) is 11.6 Å². The van der Waals surface area contributed by atoms with Crippen molar-refractivity contribution >= 4 is 40.2 Å². The lowest BCUT2D eigenvalue weighted by atomic mass is 9.95. The van der Waals surface area contributed by atoms with E-state index in [2.05, 4.69) is 10.6 Å². The molecule has 2 fully saturated rings. The van der Waals surface area contributed by atoms with Crippen LogP contribution >= 0.6 is 0 Å². The molecule has 9 nitrogen and oxygen atoms in total. The van der Waals surface area contributed by atoms with E-state index in [-0.39, 0.29) is 23.6 Å². The summed E-state index contributed by atoms with van der Waals surface area (Å²) in [5.74, 6) is -3.25. The number of likely N-dealkylation sites (N-methyl/N-ethyl adjacent to an activating group) is 1. The van der Waals surface area contributed by atoms with Crippen LogP contribution in [0.4, 0.5) is 19.3 Å². The summed E-state index contributed by atoms with van der Waals surface area (Å²) in [6, 6.07) is 6.59. The molecule has 2 aromatic carbocycles. The average Bonchev–Trinajstić information content (AvgIpc) is 3.31. The Labute approximate surface area is 220 Å². The lowest BCUT2D eigenvalue weighted by molar-refractivity contribution is -0.139. The van der Waals surface area contributed by atoms with Crippen LogP contribution in [-0.4, -0.2) is 67.4 Å². The fourth-order valence-corrected chi connectivity index (χ4v) is 6.77. The summed E-state index contributed by atoms with van der Waals surface area (Å²) in [5.41, 5.74) is 1.22. The predicted molar refractivity (Wildman–Crippen MR) is 134 cm³/mol. The number of rotatable bonds is 4. The molecule has 3 aliphatic rings. The maximum atomic E-state index is 14.0. The molecule has 5 amide bonds. The van der Waals surface area contributed by atoms with E-state index in [0.717, 1.165) is 23.3 Å². The molecule has 1 aliphatic carbocycles. The molecule has 200 valence electrons. The topological polar surface area (TPSA) is 116 Å². The predicted octanol–water partition coefficient (Wildman–Crippen LogP) is 2.03. The molecule has 2 saturated heterocycles. The second kappa shape index (κ2) is 8.97. The van der Waals surface area contributed by atoms with E-state index in [1.807, 2.05) is 0 Å². The Morgan fingerprint density at radius 3 is 2.37 bits per heavy atom. The third-order valence-corrected chi connectivity index (χ3v) is 9.59. The van der Waals surface area contributed by atoms with Crippen molar-refractivity contribution in [3.8, 4) is 0 Å². The van der Waals surface area contributed by atoms with Crippen molar-refractivity contribution in [3.05, 3.63) is 64.7 Å². The van der Waals surface area contributed by atoms with E-state index in [1.165, 1.54) is 23.6 Å². The van der Waals surface area contributed by atoms with E-state index >= 15 is 0 Å². The molecule has 1 unspecified atom stereocenters. The van der Waals surface area contributed by atoms with E-state index in [9.17, 15) is 32.2 Å². The zero-order valence-electron chi connectivity index (χ0n) is 21.0. The van der Waals surface area contributed by atoms with Crippen LogP contribution in [0.15, 0.2) is 36.4 Å². The molecule has 3 atom stereocenters. The Morgan fingerprint density at radius 2 is 1.74 bits per heavy atom. The molecule has 1 spiro atoms. The SMILES string of the molecule is CN1C(=O)NC(=O)[C@]12Cc1ccc(NC(=O)CN3C(=O)C(C)(C)S(=O)C[C@H]3c3cc(F)cc(F)c3)cc1C2. The van der Waals surface area contributed by atoms with Crippen molar-refractivity contribution in [2.75, 3.05) is 24.7 Å². The molecule has 38 heavy (non-hydrogen) atoms. The third kappa shape index (κ3) is 4.16. The van der Waals surface area contributed by atoms with Crippen LogP contribution in [0.5, 0.6) is 0 Å². The van der Waals surface area contributed by atoms with Crippen molar-refractivity contribution in [2.45, 2.75) is 43.0 Å². The minimum Gasteiger partial charge on any atom is -0.325 e. The van der Waals surface area contributed by atoms with Gasteiger partial charge in [0, 0.05) is 48.2 Å². The standard InChI is InChI=1S/C26H26F2N4O5S/c1-25(2)23(35)32(20(13-38(25)37)15-6-17(27)9-18(28)7-15)12-21(33)29-19-5-4-14-10-26(11-16(14)8-19)22(34)30-24(36)31(26)3/h4-9,20H,10-13H2,1-3H3,(H,29,33)(H,30,34,36)/t20-,26+,38?/m0/s1. The van der Waals surface area contributed by atoms with Gasteiger partial charge in [0.2, 0.25) is 11.8 Å². The molecular weight excluding hydrogens is 518 g/mol. The van der Waals surface area contributed by atoms with Crippen LogP contribution in [0.2, 0.25) is 0 Å². The maximum absolute atomic E-state index is 14.0. The fraction of sp³-hybridized carbons (Fsp3) is 0.385. The summed E-state index contributed by atoms with van der Waals surface area (Å²) in [7, 11) is -0.0699. The van der Waals surface area contributed by atoms with E-state index in [1.54, 1.807) is 25.2 Å². The van der Waals surface area contributed by atoms with Gasteiger partial charge < -0.3 is 15.1 Å². The molecule has 2 heterocycles. The number of carbonyl (C=O) groups is 4. The largest absolute Gasteiger partial charge is 0.325 e. The molecule has 2 aliphatic heterocycles. The zero-order valence-corrected chi connectivity index (χ0v) is 21.8. The van der Waals surface area contributed by atoms with Crippen LogP contribution in [0.3, 0.4) is 0 Å². The molecule has 0 bridgehead atoms. The van der Waals surface area contributed by atoms with Gasteiger partial charge in [0.05, 0.1) is 6.04 Å². The van der Waals surface area contributed by atoms with Crippen molar-refractivity contribution in [3.63, 3.8) is 0 Å². The van der Waals surface area contributed by atoms with Gasteiger partial charge in [0.1, 0.15) is 28.5 Å². The van der Waals surface area contributed by atoms with Crippen LogP contribution in [-0.2, 0) is 38.0 Å². The Morgan fingerprint density at radius 1 is 1.08 bits per heavy atom. The van der Waals surface area contributed by atoms with Gasteiger partial charge in [-0.25, -0.2) is 13.6 Å². The van der Waals surface area contributed by atoms with Crippen molar-refractivity contribution in [1.29, 1.82) is 0 Å². The second-order valence-electron chi connectivity index (χ2n) is 10.4. The lowest BCUT2D eigenvalue weighted by Gasteiger charge is -2.42. The summed E-state index contributed by atoms with van der Waals surface area (Å²) in [6.07, 6.45) is 0.642. The van der Waals surface area contributed by atoms with Gasteiger partial charge >= 0.3 is 6.03 Å². The highest BCUT2D eigenvalue weighted by Gasteiger charge is 2.54. The highest BCUT2D eigenvalue weighted by molar-refractivity contribution is 7.87. The van der Waals surface area contributed by atoms with Crippen molar-refractivity contribution in [2.24, 2.45) is 0 Å². The molecule has 5 rings (SSSR count). The number of anilines is 1. The first-order valence-electron chi connectivity index (χ1n) is 12.0. The highest BCUT2D eigenvalue weighted by atomic mass is 32.2. The number of urea groups is 1. The Bertz CT molecular complexity index is 1410. The number of carbonyl (C=O) groups excluding carboxylic acids is 4. The van der Waals surface area contributed by atoms with Crippen LogP contribution in [0.25, 0.3) is 0 Å². The summed E-state index contributed by atoms with van der Waals surface area (Å²) >= 11 is 0. The monoisotopic (exact) mass is 544 g/mol. The summed E-state index contributed by atoms with van der Waals surface area (Å²) in [4.78, 5) is 53.5. The van der Waals surface area contributed by atoms with Gasteiger partial charge in [0.25, 0.3) is 5.91 Å². The first kappa shape index (κ1) is 26.0. The number of imide groups is 1. The van der Waals surface area contributed by atoms with Gasteiger partial charge in [-0.2, -0.15) is 0 Å². The number of halogens is 2. The number of fused-ring (bicyclic) bond motifs is 1. The quantitative estimate of drug-likeness (QED) is 0.572. The molecule has 2 N–H and O–H groups in total. The second-order valence-corrected chi connectivity index (χ2v) is 12.5. The van der Waals surface area contributed by atoms with Crippen molar-refractivity contribution < 1.29 is 32.2 Å². The Kier molecular flexibility index (Phi) is 6.13. The summed E-state index contributed by atoms with van der Waals surface area (Å²) in [5, 5.41) is 5.08. The Balaban J connectivity index is 1.36. The van der Waals surface area contributed by atoms with E-state index in [4.69, 9.17) is 0 Å².